The Labute approximate surface area is 182 Å². The molecule has 0 spiro atoms. The quantitative estimate of drug-likeness (QED) is 0.210. The number of hydrogen-bond donors (Lipinski definition) is 2. The summed E-state index contributed by atoms with van der Waals surface area (Å²) in [6.45, 7) is 6.87. The Bertz CT molecular complexity index is 683. The minimum atomic E-state index is -0.368. The molecule has 1 aromatic heterocycles. The van der Waals surface area contributed by atoms with E-state index in [0.717, 1.165) is 25.3 Å². The first-order chi connectivity index (χ1) is 13.2. The first-order valence-electron chi connectivity index (χ1n) is 9.22. The van der Waals surface area contributed by atoms with Crippen LogP contribution in [-0.2, 0) is 11.3 Å². The molecule has 0 aliphatic carbocycles. The van der Waals surface area contributed by atoms with E-state index in [1.165, 1.54) is 6.07 Å². The van der Waals surface area contributed by atoms with Crippen molar-refractivity contribution >= 4 is 29.9 Å². The van der Waals surface area contributed by atoms with Gasteiger partial charge in [0.1, 0.15) is 18.5 Å². The maximum absolute atomic E-state index is 13.6. The zero-order valence-corrected chi connectivity index (χ0v) is 18.6. The van der Waals surface area contributed by atoms with E-state index in [1.54, 1.807) is 24.5 Å². The summed E-state index contributed by atoms with van der Waals surface area (Å²) in [6, 6.07) is 10.1. The number of ether oxygens (including phenoxy) is 2. The van der Waals surface area contributed by atoms with Crippen molar-refractivity contribution in [1.82, 2.24) is 10.6 Å². The molecule has 8 heteroatoms. The molecular formula is C20H29FIN3O3. The first-order valence-corrected chi connectivity index (χ1v) is 9.22. The molecule has 0 aliphatic rings. The predicted molar refractivity (Wildman–Crippen MR) is 119 cm³/mol. The van der Waals surface area contributed by atoms with Crippen molar-refractivity contribution < 1.29 is 18.3 Å². The van der Waals surface area contributed by atoms with Gasteiger partial charge in [0.2, 0.25) is 0 Å². The molecule has 28 heavy (non-hydrogen) atoms. The number of guanidine groups is 1. The Morgan fingerprint density at radius 3 is 2.75 bits per heavy atom. The third-order valence-corrected chi connectivity index (χ3v) is 3.60. The average molecular weight is 505 g/mol. The van der Waals surface area contributed by atoms with Gasteiger partial charge in [0, 0.05) is 19.7 Å². The second-order valence-electron chi connectivity index (χ2n) is 5.99. The number of benzene rings is 1. The highest BCUT2D eigenvalue weighted by atomic mass is 127. The summed E-state index contributed by atoms with van der Waals surface area (Å²) in [6.07, 6.45) is 2.23. The fourth-order valence-electron chi connectivity index (χ4n) is 2.30. The molecule has 156 valence electrons. The van der Waals surface area contributed by atoms with Crippen LogP contribution in [0.25, 0.3) is 0 Å². The van der Waals surface area contributed by atoms with Gasteiger partial charge in [-0.1, -0.05) is 12.1 Å². The highest BCUT2D eigenvalue weighted by Gasteiger charge is 2.08. The summed E-state index contributed by atoms with van der Waals surface area (Å²) in [5.41, 5.74) is 0. The number of rotatable bonds is 11. The Morgan fingerprint density at radius 1 is 1.21 bits per heavy atom. The van der Waals surface area contributed by atoms with Crippen LogP contribution in [0.3, 0.4) is 0 Å². The number of furan rings is 1. The molecule has 0 aliphatic heterocycles. The maximum Gasteiger partial charge on any atom is 0.191 e. The van der Waals surface area contributed by atoms with Crippen molar-refractivity contribution in [3.05, 3.63) is 54.2 Å². The lowest BCUT2D eigenvalue weighted by Crippen LogP contribution is -2.38. The molecule has 1 aromatic carbocycles. The first kappa shape index (κ1) is 24.2. The number of nitrogens with zero attached hydrogens (tertiary/aromatic N) is 1. The molecule has 2 rings (SSSR count). The highest BCUT2D eigenvalue weighted by Crippen LogP contribution is 2.16. The van der Waals surface area contributed by atoms with Crippen molar-refractivity contribution in [2.24, 2.45) is 4.99 Å². The van der Waals surface area contributed by atoms with Crippen molar-refractivity contribution in [3.8, 4) is 5.75 Å². The van der Waals surface area contributed by atoms with Crippen LogP contribution in [0.5, 0.6) is 5.75 Å². The van der Waals surface area contributed by atoms with Crippen molar-refractivity contribution in [1.29, 1.82) is 0 Å². The van der Waals surface area contributed by atoms with Crippen LogP contribution in [0.15, 0.2) is 52.1 Å². The van der Waals surface area contributed by atoms with Gasteiger partial charge >= 0.3 is 0 Å². The third kappa shape index (κ3) is 9.41. The summed E-state index contributed by atoms with van der Waals surface area (Å²) in [5, 5.41) is 6.43. The molecule has 1 heterocycles. The zero-order valence-electron chi connectivity index (χ0n) is 16.3. The molecule has 0 amide bonds. The number of hydrogen-bond acceptors (Lipinski definition) is 4. The SMILES string of the molecule is CCNC(=NCC(C)Oc1ccccc1F)NCCCOCc1ccco1.I. The van der Waals surface area contributed by atoms with Gasteiger partial charge in [-0.05, 0) is 44.5 Å². The predicted octanol–water partition coefficient (Wildman–Crippen LogP) is 3.97. The van der Waals surface area contributed by atoms with Gasteiger partial charge in [-0.25, -0.2) is 9.38 Å². The Morgan fingerprint density at radius 2 is 2.04 bits per heavy atom. The van der Waals surface area contributed by atoms with Crippen LogP contribution < -0.4 is 15.4 Å². The van der Waals surface area contributed by atoms with E-state index in [9.17, 15) is 4.39 Å². The largest absolute Gasteiger partial charge is 0.486 e. The fraction of sp³-hybridized carbons (Fsp3) is 0.450. The van der Waals surface area contributed by atoms with E-state index in [2.05, 4.69) is 15.6 Å². The van der Waals surface area contributed by atoms with E-state index in [1.807, 2.05) is 26.0 Å². The smallest absolute Gasteiger partial charge is 0.191 e. The number of aliphatic imine (C=N–C) groups is 1. The van der Waals surface area contributed by atoms with E-state index in [0.29, 0.717) is 25.7 Å². The van der Waals surface area contributed by atoms with Crippen LogP contribution in [0.1, 0.15) is 26.0 Å². The molecule has 0 saturated carbocycles. The summed E-state index contributed by atoms with van der Waals surface area (Å²) < 4.78 is 30.0. The van der Waals surface area contributed by atoms with Crippen molar-refractivity contribution in [2.75, 3.05) is 26.2 Å². The van der Waals surface area contributed by atoms with Gasteiger partial charge < -0.3 is 24.5 Å². The Balaban J connectivity index is 0.00000392. The molecule has 1 unspecified atom stereocenters. The lowest BCUT2D eigenvalue weighted by Gasteiger charge is -2.15. The van der Waals surface area contributed by atoms with Gasteiger partial charge in [-0.15, -0.1) is 24.0 Å². The molecule has 0 bridgehead atoms. The lowest BCUT2D eigenvalue weighted by atomic mass is 10.3. The number of halogens is 2. The van der Waals surface area contributed by atoms with Crippen LogP contribution >= 0.6 is 24.0 Å². The Kier molecular flexibility index (Phi) is 12.3. The number of nitrogens with one attached hydrogen (secondary N) is 2. The molecule has 2 aromatic rings. The van der Waals surface area contributed by atoms with E-state index in [4.69, 9.17) is 13.9 Å². The van der Waals surface area contributed by atoms with Crippen LogP contribution in [0.2, 0.25) is 0 Å². The minimum absolute atomic E-state index is 0. The van der Waals surface area contributed by atoms with Gasteiger partial charge in [-0.2, -0.15) is 0 Å². The molecule has 0 fully saturated rings. The van der Waals surface area contributed by atoms with Crippen LogP contribution in [0.4, 0.5) is 4.39 Å². The van der Waals surface area contributed by atoms with Gasteiger partial charge in [0.05, 0.1) is 12.8 Å². The normalized spacial score (nSPS) is 12.2. The maximum atomic E-state index is 13.6. The molecule has 0 radical (unpaired) electrons. The van der Waals surface area contributed by atoms with Crippen molar-refractivity contribution in [3.63, 3.8) is 0 Å². The molecule has 1 atom stereocenters. The summed E-state index contributed by atoms with van der Waals surface area (Å²) >= 11 is 0. The van der Waals surface area contributed by atoms with Crippen LogP contribution in [-0.4, -0.2) is 38.3 Å². The molecule has 6 nitrogen and oxygen atoms in total. The highest BCUT2D eigenvalue weighted by molar-refractivity contribution is 14.0. The second-order valence-corrected chi connectivity index (χ2v) is 5.99. The molecule has 2 N–H and O–H groups in total. The Hall–Kier alpha value is -1.81. The minimum Gasteiger partial charge on any atom is -0.486 e. The fourth-order valence-corrected chi connectivity index (χ4v) is 2.30. The number of para-hydroxylation sites is 1. The van der Waals surface area contributed by atoms with E-state index in [-0.39, 0.29) is 41.6 Å². The summed E-state index contributed by atoms with van der Waals surface area (Å²) in [5.74, 6) is 1.40. The van der Waals surface area contributed by atoms with Crippen LogP contribution in [0, 0.1) is 5.82 Å². The second kappa shape index (κ2) is 14.2. The van der Waals surface area contributed by atoms with E-state index >= 15 is 0 Å². The topological polar surface area (TPSA) is 68.0 Å². The standard InChI is InChI=1S/C20H28FN3O3.HI/c1-3-22-20(23-11-7-12-25-15-17-8-6-13-26-17)24-14-16(2)27-19-10-5-4-9-18(19)21;/h4-6,8-10,13,16H,3,7,11-12,14-15H2,1-2H3,(H2,22,23,24);1H. The monoisotopic (exact) mass is 505 g/mol. The van der Waals surface area contributed by atoms with Gasteiger partial charge in [0.25, 0.3) is 0 Å². The summed E-state index contributed by atoms with van der Waals surface area (Å²) in [4.78, 5) is 4.49. The average Bonchev–Trinajstić information content (AvgIpc) is 3.18. The van der Waals surface area contributed by atoms with Crippen molar-refractivity contribution in [2.45, 2.75) is 33.0 Å². The molecule has 0 saturated heterocycles. The van der Waals surface area contributed by atoms with Gasteiger partial charge in [-0.3, -0.25) is 0 Å². The molecular weight excluding hydrogens is 476 g/mol. The van der Waals surface area contributed by atoms with E-state index < -0.39 is 0 Å². The lowest BCUT2D eigenvalue weighted by molar-refractivity contribution is 0.105. The summed E-state index contributed by atoms with van der Waals surface area (Å²) in [7, 11) is 0. The third-order valence-electron chi connectivity index (χ3n) is 3.60. The van der Waals surface area contributed by atoms with Gasteiger partial charge in [0.15, 0.2) is 17.5 Å². The zero-order chi connectivity index (χ0) is 19.3.